The summed E-state index contributed by atoms with van der Waals surface area (Å²) in [5, 5.41) is 11.7. The first-order valence-corrected chi connectivity index (χ1v) is 7.90. The first-order valence-electron chi connectivity index (χ1n) is 6.00. The van der Waals surface area contributed by atoms with E-state index in [0.717, 1.165) is 9.86 Å². The van der Waals surface area contributed by atoms with Gasteiger partial charge in [0.1, 0.15) is 0 Å². The number of nitro benzene ring substituents is 1. The Hall–Kier alpha value is -1.99. The van der Waals surface area contributed by atoms with Crippen molar-refractivity contribution in [1.29, 1.82) is 0 Å². The minimum atomic E-state index is -1.46. The highest BCUT2D eigenvalue weighted by molar-refractivity contribution is 9.10. The Morgan fingerprint density at radius 1 is 1.14 bits per heavy atom. The third-order valence-corrected chi connectivity index (χ3v) is 5.01. The molecular weight excluding hydrogens is 356 g/mol. The van der Waals surface area contributed by atoms with Gasteiger partial charge in [-0.1, -0.05) is 18.2 Å². The first-order chi connectivity index (χ1) is 10.1. The lowest BCUT2D eigenvalue weighted by Gasteiger charge is -2.04. The van der Waals surface area contributed by atoms with Crippen molar-refractivity contribution >= 4 is 43.5 Å². The molecule has 0 saturated heterocycles. The van der Waals surface area contributed by atoms with Gasteiger partial charge in [-0.2, -0.15) is 0 Å². The van der Waals surface area contributed by atoms with Crippen molar-refractivity contribution in [1.82, 2.24) is 3.97 Å². The van der Waals surface area contributed by atoms with Crippen molar-refractivity contribution in [2.75, 3.05) is 0 Å². The molecule has 106 valence electrons. The van der Waals surface area contributed by atoms with Crippen LogP contribution in [0.5, 0.6) is 0 Å². The van der Waals surface area contributed by atoms with E-state index in [0.29, 0.717) is 10.4 Å². The molecule has 1 heterocycles. The fourth-order valence-corrected chi connectivity index (χ4v) is 3.87. The number of aromatic nitrogens is 1. The van der Waals surface area contributed by atoms with Gasteiger partial charge >= 0.3 is 0 Å². The predicted octanol–water partition coefficient (Wildman–Crippen LogP) is 3.88. The van der Waals surface area contributed by atoms with Crippen LogP contribution in [0.25, 0.3) is 10.9 Å². The van der Waals surface area contributed by atoms with E-state index < -0.39 is 15.9 Å². The number of non-ortho nitro benzene ring substituents is 1. The average Bonchev–Trinajstić information content (AvgIpc) is 2.84. The van der Waals surface area contributed by atoms with E-state index in [1.165, 1.54) is 16.1 Å². The first kappa shape index (κ1) is 14.0. The van der Waals surface area contributed by atoms with Crippen molar-refractivity contribution in [3.63, 3.8) is 0 Å². The molecule has 0 spiro atoms. The third-order valence-electron chi connectivity index (χ3n) is 3.04. The lowest BCUT2D eigenvalue weighted by atomic mass is 10.2. The summed E-state index contributed by atoms with van der Waals surface area (Å²) in [6.45, 7) is 0. The quantitative estimate of drug-likeness (QED) is 0.523. The van der Waals surface area contributed by atoms with Crippen LogP contribution in [-0.4, -0.2) is 13.1 Å². The Kier molecular flexibility index (Phi) is 3.60. The highest BCUT2D eigenvalue weighted by Gasteiger charge is 2.16. The molecule has 0 aliphatic carbocycles. The summed E-state index contributed by atoms with van der Waals surface area (Å²) in [5.41, 5.74) is 0.526. The van der Waals surface area contributed by atoms with Crippen LogP contribution in [0.2, 0.25) is 0 Å². The number of halogens is 1. The lowest BCUT2D eigenvalue weighted by Crippen LogP contribution is -2.03. The van der Waals surface area contributed by atoms with Crippen LogP contribution in [-0.2, 0) is 11.0 Å². The fraction of sp³-hybridized carbons (Fsp3) is 0. The zero-order chi connectivity index (χ0) is 15.0. The molecule has 0 N–H and O–H groups in total. The minimum Gasteiger partial charge on any atom is -0.261 e. The average molecular weight is 365 g/mol. The molecule has 3 aromatic rings. The van der Waals surface area contributed by atoms with Crippen molar-refractivity contribution in [2.45, 2.75) is 4.90 Å². The summed E-state index contributed by atoms with van der Waals surface area (Å²) >= 11 is 3.40. The van der Waals surface area contributed by atoms with Gasteiger partial charge in [-0.25, -0.2) is 4.21 Å². The Bertz CT molecular complexity index is 861. The van der Waals surface area contributed by atoms with Gasteiger partial charge in [0, 0.05) is 28.2 Å². The van der Waals surface area contributed by atoms with E-state index in [9.17, 15) is 14.3 Å². The molecule has 0 aliphatic rings. The lowest BCUT2D eigenvalue weighted by molar-refractivity contribution is -0.384. The van der Waals surface area contributed by atoms with Gasteiger partial charge < -0.3 is 0 Å². The van der Waals surface area contributed by atoms with Crippen LogP contribution >= 0.6 is 15.9 Å². The number of rotatable bonds is 3. The molecule has 0 amide bonds. The number of benzene rings is 2. The summed E-state index contributed by atoms with van der Waals surface area (Å²) in [5.74, 6) is 0. The second-order valence-electron chi connectivity index (χ2n) is 4.32. The molecule has 21 heavy (non-hydrogen) atoms. The number of hydrogen-bond acceptors (Lipinski definition) is 3. The number of nitrogens with zero attached hydrogens (tertiary/aromatic N) is 2. The normalized spacial score (nSPS) is 12.4. The van der Waals surface area contributed by atoms with E-state index >= 15 is 0 Å². The SMILES string of the molecule is O=[N+]([O-])c1ccc2c(Br)cn(S(=O)c3ccccc3)c2c1. The van der Waals surface area contributed by atoms with E-state index in [4.69, 9.17) is 0 Å². The van der Waals surface area contributed by atoms with E-state index in [1.54, 1.807) is 36.5 Å². The van der Waals surface area contributed by atoms with Crippen molar-refractivity contribution < 1.29 is 9.13 Å². The molecule has 1 aromatic heterocycles. The van der Waals surface area contributed by atoms with Gasteiger partial charge in [0.15, 0.2) is 11.0 Å². The molecule has 1 unspecified atom stereocenters. The topological polar surface area (TPSA) is 65.1 Å². The van der Waals surface area contributed by atoms with Gasteiger partial charge in [0.25, 0.3) is 5.69 Å². The minimum absolute atomic E-state index is 0.0283. The molecule has 1 atom stereocenters. The highest BCUT2D eigenvalue weighted by atomic mass is 79.9. The Morgan fingerprint density at radius 2 is 1.86 bits per heavy atom. The van der Waals surface area contributed by atoms with E-state index in [2.05, 4.69) is 15.9 Å². The molecule has 0 saturated carbocycles. The Balaban J connectivity index is 2.20. The summed E-state index contributed by atoms with van der Waals surface area (Å²) in [4.78, 5) is 11.1. The van der Waals surface area contributed by atoms with Crippen LogP contribution in [0.3, 0.4) is 0 Å². The maximum Gasteiger partial charge on any atom is 0.271 e. The Morgan fingerprint density at radius 3 is 2.52 bits per heavy atom. The number of nitro groups is 1. The summed E-state index contributed by atoms with van der Waals surface area (Å²) in [6.07, 6.45) is 1.68. The third kappa shape index (κ3) is 2.50. The van der Waals surface area contributed by atoms with Gasteiger partial charge in [-0.3, -0.25) is 14.1 Å². The second kappa shape index (κ2) is 5.42. The summed E-state index contributed by atoms with van der Waals surface area (Å²) in [6, 6.07) is 13.5. The molecule has 2 aromatic carbocycles. The van der Waals surface area contributed by atoms with E-state index in [-0.39, 0.29) is 5.69 Å². The Labute approximate surface area is 131 Å². The molecule has 7 heteroatoms. The van der Waals surface area contributed by atoms with Gasteiger partial charge in [0.2, 0.25) is 0 Å². The molecule has 5 nitrogen and oxygen atoms in total. The molecule has 0 fully saturated rings. The molecule has 0 bridgehead atoms. The van der Waals surface area contributed by atoms with Gasteiger partial charge in [0.05, 0.1) is 15.3 Å². The monoisotopic (exact) mass is 364 g/mol. The number of fused-ring (bicyclic) bond motifs is 1. The van der Waals surface area contributed by atoms with Crippen molar-refractivity contribution in [2.24, 2.45) is 0 Å². The smallest absolute Gasteiger partial charge is 0.261 e. The zero-order valence-electron chi connectivity index (χ0n) is 10.6. The van der Waals surface area contributed by atoms with Crippen LogP contribution in [0.1, 0.15) is 0 Å². The van der Waals surface area contributed by atoms with Gasteiger partial charge in [-0.05, 0) is 34.1 Å². The molecular formula is C14H9BrN2O3S. The highest BCUT2D eigenvalue weighted by Crippen LogP contribution is 2.30. The maximum absolute atomic E-state index is 12.6. The molecule has 0 aliphatic heterocycles. The fourth-order valence-electron chi connectivity index (χ4n) is 2.05. The summed E-state index contributed by atoms with van der Waals surface area (Å²) in [7, 11) is -1.46. The van der Waals surface area contributed by atoms with Crippen LogP contribution in [0, 0.1) is 10.1 Å². The summed E-state index contributed by atoms with van der Waals surface area (Å²) < 4.78 is 14.9. The largest absolute Gasteiger partial charge is 0.271 e. The second-order valence-corrected chi connectivity index (χ2v) is 6.54. The molecule has 0 radical (unpaired) electrons. The van der Waals surface area contributed by atoms with Crippen LogP contribution in [0.15, 0.2) is 64.1 Å². The predicted molar refractivity (Wildman–Crippen MR) is 84.5 cm³/mol. The van der Waals surface area contributed by atoms with Crippen molar-refractivity contribution in [3.8, 4) is 0 Å². The van der Waals surface area contributed by atoms with Crippen molar-refractivity contribution in [3.05, 3.63) is 69.3 Å². The number of hydrogen-bond donors (Lipinski definition) is 0. The zero-order valence-corrected chi connectivity index (χ0v) is 13.0. The van der Waals surface area contributed by atoms with E-state index in [1.807, 2.05) is 6.07 Å². The molecule has 3 rings (SSSR count). The standard InChI is InChI=1S/C14H9BrN2O3S/c15-13-9-16(21(20)11-4-2-1-3-5-11)14-8-10(17(18)19)6-7-12(13)14/h1-9H. The van der Waals surface area contributed by atoms with Crippen LogP contribution in [0.4, 0.5) is 5.69 Å². The van der Waals surface area contributed by atoms with Gasteiger partial charge in [-0.15, -0.1) is 0 Å². The van der Waals surface area contributed by atoms with Crippen LogP contribution < -0.4 is 0 Å². The maximum atomic E-state index is 12.6.